The average molecular weight is 252 g/mol. The van der Waals surface area contributed by atoms with E-state index >= 15 is 0 Å². The molecule has 0 radical (unpaired) electrons. The number of halogens is 1. The first-order valence-corrected chi connectivity index (χ1v) is 6.58. The van der Waals surface area contributed by atoms with Gasteiger partial charge in [-0.05, 0) is 31.5 Å². The van der Waals surface area contributed by atoms with Gasteiger partial charge in [-0.3, -0.25) is 0 Å². The van der Waals surface area contributed by atoms with Crippen LogP contribution in [0.4, 0.5) is 10.1 Å². The number of anilines is 1. The molecule has 0 bridgehead atoms. The van der Waals surface area contributed by atoms with E-state index < -0.39 is 0 Å². The first kappa shape index (κ1) is 13.3. The molecular formula is C14H21FN2O. The lowest BCUT2D eigenvalue weighted by molar-refractivity contribution is 0.198. The van der Waals surface area contributed by atoms with Crippen molar-refractivity contribution in [3.8, 4) is 0 Å². The van der Waals surface area contributed by atoms with Crippen LogP contribution < -0.4 is 10.2 Å². The lowest BCUT2D eigenvalue weighted by Crippen LogP contribution is -2.26. The Balaban J connectivity index is 2.32. The monoisotopic (exact) mass is 252 g/mol. The van der Waals surface area contributed by atoms with Crippen LogP contribution in [-0.4, -0.2) is 30.8 Å². The summed E-state index contributed by atoms with van der Waals surface area (Å²) in [6.45, 7) is 6.16. The van der Waals surface area contributed by atoms with Gasteiger partial charge in [0.25, 0.3) is 0 Å². The average Bonchev–Trinajstić information content (AvgIpc) is 2.75. The minimum atomic E-state index is -0.341. The van der Waals surface area contributed by atoms with Gasteiger partial charge in [-0.2, -0.15) is 0 Å². The van der Waals surface area contributed by atoms with Gasteiger partial charge < -0.3 is 15.3 Å². The van der Waals surface area contributed by atoms with Gasteiger partial charge in [0.05, 0.1) is 11.8 Å². The van der Waals surface area contributed by atoms with Crippen LogP contribution in [0.25, 0.3) is 0 Å². The summed E-state index contributed by atoms with van der Waals surface area (Å²) in [5, 5.41) is 12.9. The Morgan fingerprint density at radius 2 is 2.33 bits per heavy atom. The Labute approximate surface area is 108 Å². The first-order valence-electron chi connectivity index (χ1n) is 6.58. The molecular weight excluding hydrogens is 231 g/mol. The van der Waals surface area contributed by atoms with Crippen molar-refractivity contribution in [1.29, 1.82) is 0 Å². The predicted octanol–water partition coefficient (Wildman–Crippen LogP) is 2.07. The third-order valence-electron chi connectivity index (χ3n) is 3.47. The van der Waals surface area contributed by atoms with Gasteiger partial charge in [-0.25, -0.2) is 4.39 Å². The molecule has 1 heterocycles. The van der Waals surface area contributed by atoms with Crippen LogP contribution in [-0.2, 0) is 0 Å². The second kappa shape index (κ2) is 5.67. The van der Waals surface area contributed by atoms with Crippen LogP contribution in [0.5, 0.6) is 0 Å². The van der Waals surface area contributed by atoms with Gasteiger partial charge in [0.2, 0.25) is 0 Å². The number of hydrogen-bond donors (Lipinski definition) is 2. The van der Waals surface area contributed by atoms with Gasteiger partial charge in [0.1, 0.15) is 5.82 Å². The molecule has 18 heavy (non-hydrogen) atoms. The van der Waals surface area contributed by atoms with Crippen LogP contribution >= 0.6 is 0 Å². The van der Waals surface area contributed by atoms with E-state index in [1.807, 2.05) is 24.8 Å². The fourth-order valence-electron chi connectivity index (χ4n) is 2.58. The topological polar surface area (TPSA) is 35.5 Å². The largest absolute Gasteiger partial charge is 0.391 e. The normalized spacial score (nSPS) is 21.3. The zero-order valence-corrected chi connectivity index (χ0v) is 11.0. The Morgan fingerprint density at radius 1 is 1.56 bits per heavy atom. The molecule has 1 aromatic carbocycles. The van der Waals surface area contributed by atoms with Crippen molar-refractivity contribution in [3.05, 3.63) is 29.6 Å². The van der Waals surface area contributed by atoms with E-state index in [-0.39, 0.29) is 18.0 Å². The Bertz CT molecular complexity index is 411. The lowest BCUT2D eigenvalue weighted by atomic mass is 10.0. The van der Waals surface area contributed by atoms with Gasteiger partial charge in [0.15, 0.2) is 0 Å². The van der Waals surface area contributed by atoms with E-state index in [1.165, 1.54) is 6.07 Å². The number of aliphatic hydroxyl groups excluding tert-OH is 1. The summed E-state index contributed by atoms with van der Waals surface area (Å²) in [4.78, 5) is 1.95. The van der Waals surface area contributed by atoms with E-state index in [0.717, 1.165) is 12.1 Å². The Morgan fingerprint density at radius 3 is 2.94 bits per heavy atom. The van der Waals surface area contributed by atoms with Crippen LogP contribution in [0.3, 0.4) is 0 Å². The van der Waals surface area contributed by atoms with E-state index in [4.69, 9.17) is 0 Å². The van der Waals surface area contributed by atoms with Crippen molar-refractivity contribution in [2.24, 2.45) is 0 Å². The fraction of sp³-hybridized carbons (Fsp3) is 0.571. The Hall–Kier alpha value is -1.13. The van der Waals surface area contributed by atoms with Crippen molar-refractivity contribution in [1.82, 2.24) is 5.32 Å². The van der Waals surface area contributed by atoms with E-state index in [0.29, 0.717) is 25.2 Å². The highest BCUT2D eigenvalue weighted by molar-refractivity contribution is 5.57. The maximum absolute atomic E-state index is 14.1. The molecule has 0 saturated carbocycles. The maximum Gasteiger partial charge on any atom is 0.146 e. The van der Waals surface area contributed by atoms with Crippen molar-refractivity contribution in [3.63, 3.8) is 0 Å². The summed E-state index contributed by atoms with van der Waals surface area (Å²) >= 11 is 0. The van der Waals surface area contributed by atoms with Gasteiger partial charge in [0, 0.05) is 19.1 Å². The number of para-hydroxylation sites is 1. The molecule has 1 aliphatic heterocycles. The molecule has 2 unspecified atom stereocenters. The van der Waals surface area contributed by atoms with Crippen LogP contribution in [0.1, 0.15) is 31.9 Å². The summed E-state index contributed by atoms with van der Waals surface area (Å²) < 4.78 is 14.1. The molecule has 0 aliphatic carbocycles. The van der Waals surface area contributed by atoms with Crippen molar-refractivity contribution >= 4 is 5.69 Å². The van der Waals surface area contributed by atoms with Gasteiger partial charge in [-0.1, -0.05) is 19.1 Å². The molecule has 1 saturated heterocycles. The number of nitrogens with one attached hydrogen (secondary N) is 1. The maximum atomic E-state index is 14.1. The summed E-state index contributed by atoms with van der Waals surface area (Å²) in [5.74, 6) is -0.202. The highest BCUT2D eigenvalue weighted by Crippen LogP contribution is 2.31. The molecule has 2 N–H and O–H groups in total. The first-order chi connectivity index (χ1) is 8.63. The van der Waals surface area contributed by atoms with E-state index in [2.05, 4.69) is 5.32 Å². The summed E-state index contributed by atoms with van der Waals surface area (Å²) in [7, 11) is 0. The highest BCUT2D eigenvalue weighted by Gasteiger charge is 2.26. The smallest absolute Gasteiger partial charge is 0.146 e. The highest BCUT2D eigenvalue weighted by atomic mass is 19.1. The molecule has 100 valence electrons. The van der Waals surface area contributed by atoms with Gasteiger partial charge in [-0.15, -0.1) is 0 Å². The molecule has 2 atom stereocenters. The number of rotatable bonds is 4. The second-order valence-corrected chi connectivity index (χ2v) is 4.85. The van der Waals surface area contributed by atoms with Crippen molar-refractivity contribution in [2.75, 3.05) is 24.5 Å². The summed E-state index contributed by atoms with van der Waals surface area (Å²) in [6.07, 6.45) is 0.371. The van der Waals surface area contributed by atoms with Crippen LogP contribution in [0.15, 0.2) is 18.2 Å². The molecule has 4 heteroatoms. The number of aliphatic hydroxyl groups is 1. The van der Waals surface area contributed by atoms with E-state index in [9.17, 15) is 9.50 Å². The van der Waals surface area contributed by atoms with Gasteiger partial charge >= 0.3 is 0 Å². The second-order valence-electron chi connectivity index (χ2n) is 4.85. The molecule has 0 aromatic heterocycles. The zero-order chi connectivity index (χ0) is 13.1. The molecule has 2 rings (SSSR count). The predicted molar refractivity (Wildman–Crippen MR) is 71.3 cm³/mol. The standard InChI is InChI=1S/C14H21FN2O/c1-3-16-10(2)12-5-4-6-13(15)14(12)17-8-7-11(18)9-17/h4-6,10-11,16,18H,3,7-9H2,1-2H3. The molecule has 0 spiro atoms. The van der Waals surface area contributed by atoms with E-state index in [1.54, 1.807) is 6.07 Å². The zero-order valence-electron chi connectivity index (χ0n) is 11.0. The summed E-state index contributed by atoms with van der Waals surface area (Å²) in [5.41, 5.74) is 1.61. The summed E-state index contributed by atoms with van der Waals surface area (Å²) in [6, 6.07) is 5.30. The number of hydrogen-bond acceptors (Lipinski definition) is 3. The molecule has 1 fully saturated rings. The minimum Gasteiger partial charge on any atom is -0.391 e. The molecule has 0 amide bonds. The van der Waals surface area contributed by atoms with Crippen LogP contribution in [0.2, 0.25) is 0 Å². The molecule has 1 aromatic rings. The molecule has 3 nitrogen and oxygen atoms in total. The van der Waals surface area contributed by atoms with Crippen LogP contribution in [0, 0.1) is 5.82 Å². The third-order valence-corrected chi connectivity index (χ3v) is 3.47. The number of nitrogens with zero attached hydrogens (tertiary/aromatic N) is 1. The van der Waals surface area contributed by atoms with Crippen molar-refractivity contribution < 1.29 is 9.50 Å². The molecule has 1 aliphatic rings. The SMILES string of the molecule is CCNC(C)c1cccc(F)c1N1CCC(O)C1. The fourth-order valence-corrected chi connectivity index (χ4v) is 2.58. The lowest BCUT2D eigenvalue weighted by Gasteiger charge is -2.25. The third kappa shape index (κ3) is 2.65. The van der Waals surface area contributed by atoms with Crippen molar-refractivity contribution in [2.45, 2.75) is 32.4 Å². The minimum absolute atomic E-state index is 0.110. The number of benzene rings is 1. The Kier molecular flexibility index (Phi) is 4.19. The quantitative estimate of drug-likeness (QED) is 0.861. The number of β-amino-alcohol motifs (C(OH)–C–C–N with tert-alkyl or cyclic N) is 1.